The number of hydrogen-bond acceptors (Lipinski definition) is 3. The van der Waals surface area contributed by atoms with E-state index in [0.29, 0.717) is 0 Å². The maximum Gasteiger partial charge on any atom is 0.0119 e. The van der Waals surface area contributed by atoms with E-state index >= 15 is 0 Å². The third-order valence-electron chi connectivity index (χ3n) is 4.23. The van der Waals surface area contributed by atoms with Gasteiger partial charge in [-0.15, -0.1) is 0 Å². The second-order valence-electron chi connectivity index (χ2n) is 5.80. The minimum absolute atomic E-state index is 0.831. The number of piperidine rings is 1. The molecule has 19 heavy (non-hydrogen) atoms. The molecule has 1 rings (SSSR count). The Labute approximate surface area is 120 Å². The number of nitrogens with one attached hydrogen (secondary N) is 1. The Morgan fingerprint density at radius 3 is 2.05 bits per heavy atom. The summed E-state index contributed by atoms with van der Waals surface area (Å²) in [6.45, 7) is 15.6. The summed E-state index contributed by atoms with van der Waals surface area (Å²) >= 11 is 0. The van der Waals surface area contributed by atoms with Crippen LogP contribution in [0, 0.1) is 0 Å². The van der Waals surface area contributed by atoms with Crippen LogP contribution in [-0.4, -0.2) is 61.7 Å². The van der Waals surface area contributed by atoms with Gasteiger partial charge in [-0.2, -0.15) is 0 Å². The van der Waals surface area contributed by atoms with Crippen molar-refractivity contribution >= 4 is 0 Å². The Kier molecular flexibility index (Phi) is 9.48. The van der Waals surface area contributed by atoms with Crippen molar-refractivity contribution in [2.24, 2.45) is 0 Å². The highest BCUT2D eigenvalue weighted by Gasteiger charge is 2.19. The molecular weight excluding hydrogens is 234 g/mol. The van der Waals surface area contributed by atoms with Crippen LogP contribution in [0.2, 0.25) is 0 Å². The summed E-state index contributed by atoms with van der Waals surface area (Å²) in [5, 5.41) is 3.47. The van der Waals surface area contributed by atoms with Crippen molar-refractivity contribution in [3.8, 4) is 0 Å². The largest absolute Gasteiger partial charge is 0.317 e. The summed E-state index contributed by atoms with van der Waals surface area (Å²) in [7, 11) is 0. The van der Waals surface area contributed by atoms with Crippen molar-refractivity contribution in [2.45, 2.75) is 58.9 Å². The fourth-order valence-corrected chi connectivity index (χ4v) is 3.24. The summed E-state index contributed by atoms with van der Waals surface area (Å²) in [6, 6.07) is 0.831. The van der Waals surface area contributed by atoms with Gasteiger partial charge in [0.1, 0.15) is 0 Å². The fraction of sp³-hybridized carbons (Fsp3) is 1.00. The minimum atomic E-state index is 0.831. The van der Waals surface area contributed by atoms with Gasteiger partial charge < -0.3 is 15.1 Å². The molecule has 1 fully saturated rings. The zero-order valence-electron chi connectivity index (χ0n) is 13.5. The van der Waals surface area contributed by atoms with Gasteiger partial charge in [0.15, 0.2) is 0 Å². The maximum atomic E-state index is 3.47. The van der Waals surface area contributed by atoms with Crippen molar-refractivity contribution in [1.82, 2.24) is 15.1 Å². The van der Waals surface area contributed by atoms with Crippen molar-refractivity contribution in [3.63, 3.8) is 0 Å². The van der Waals surface area contributed by atoms with Gasteiger partial charge in [-0.3, -0.25) is 0 Å². The first-order valence-electron chi connectivity index (χ1n) is 8.48. The number of rotatable bonds is 10. The predicted molar refractivity (Wildman–Crippen MR) is 84.8 cm³/mol. The van der Waals surface area contributed by atoms with Gasteiger partial charge in [-0.25, -0.2) is 0 Å². The van der Waals surface area contributed by atoms with Crippen LogP contribution >= 0.6 is 0 Å². The van der Waals surface area contributed by atoms with E-state index in [1.165, 1.54) is 77.9 Å². The normalized spacial score (nSPS) is 17.5. The average Bonchev–Trinajstić information content (AvgIpc) is 2.45. The molecule has 0 bridgehead atoms. The Bertz CT molecular complexity index is 196. The van der Waals surface area contributed by atoms with Gasteiger partial charge in [0.2, 0.25) is 0 Å². The van der Waals surface area contributed by atoms with Crippen LogP contribution in [0.1, 0.15) is 52.9 Å². The van der Waals surface area contributed by atoms with Gasteiger partial charge in [0.05, 0.1) is 0 Å². The second kappa shape index (κ2) is 10.6. The lowest BCUT2D eigenvalue weighted by Crippen LogP contribution is -2.44. The summed E-state index contributed by atoms with van der Waals surface area (Å²) in [4.78, 5) is 5.34. The second-order valence-corrected chi connectivity index (χ2v) is 5.80. The van der Waals surface area contributed by atoms with E-state index in [-0.39, 0.29) is 0 Å². The van der Waals surface area contributed by atoms with Crippen molar-refractivity contribution in [3.05, 3.63) is 0 Å². The number of nitrogens with zero attached hydrogens (tertiary/aromatic N) is 2. The van der Waals surface area contributed by atoms with E-state index in [9.17, 15) is 0 Å². The quantitative estimate of drug-likeness (QED) is 0.657. The maximum absolute atomic E-state index is 3.47. The van der Waals surface area contributed by atoms with Crippen LogP contribution in [0.25, 0.3) is 0 Å². The third-order valence-corrected chi connectivity index (χ3v) is 4.23. The highest BCUT2D eigenvalue weighted by Crippen LogP contribution is 2.12. The lowest BCUT2D eigenvalue weighted by molar-refractivity contribution is 0.157. The Morgan fingerprint density at radius 1 is 0.895 bits per heavy atom. The van der Waals surface area contributed by atoms with E-state index in [2.05, 4.69) is 35.9 Å². The highest BCUT2D eigenvalue weighted by atomic mass is 15.2. The molecule has 1 N–H and O–H groups in total. The molecular formula is C16H35N3. The zero-order chi connectivity index (χ0) is 13.9. The topological polar surface area (TPSA) is 18.5 Å². The molecule has 1 aliphatic rings. The molecule has 0 atom stereocenters. The van der Waals surface area contributed by atoms with Crippen LogP contribution in [0.5, 0.6) is 0 Å². The van der Waals surface area contributed by atoms with E-state index in [1.807, 2.05) is 0 Å². The van der Waals surface area contributed by atoms with E-state index in [4.69, 9.17) is 0 Å². The smallest absolute Gasteiger partial charge is 0.0119 e. The monoisotopic (exact) mass is 269 g/mol. The molecule has 0 amide bonds. The molecule has 1 saturated heterocycles. The first kappa shape index (κ1) is 16.9. The first-order chi connectivity index (χ1) is 9.31. The van der Waals surface area contributed by atoms with Crippen LogP contribution in [-0.2, 0) is 0 Å². The average molecular weight is 269 g/mol. The summed E-state index contributed by atoms with van der Waals surface area (Å²) in [5.41, 5.74) is 0. The van der Waals surface area contributed by atoms with Crippen LogP contribution in [0.4, 0.5) is 0 Å². The van der Waals surface area contributed by atoms with Crippen molar-refractivity contribution < 1.29 is 0 Å². The molecule has 3 heteroatoms. The Morgan fingerprint density at radius 2 is 1.53 bits per heavy atom. The van der Waals surface area contributed by atoms with Crippen molar-refractivity contribution in [2.75, 3.05) is 45.8 Å². The molecule has 3 nitrogen and oxygen atoms in total. The molecule has 0 aromatic heterocycles. The van der Waals surface area contributed by atoms with Crippen molar-refractivity contribution in [1.29, 1.82) is 0 Å². The first-order valence-corrected chi connectivity index (χ1v) is 8.48. The Hall–Kier alpha value is -0.120. The highest BCUT2D eigenvalue weighted by molar-refractivity contribution is 4.77. The summed E-state index contributed by atoms with van der Waals surface area (Å²) in [5.74, 6) is 0. The lowest BCUT2D eigenvalue weighted by Gasteiger charge is -2.34. The molecule has 1 heterocycles. The molecule has 0 aromatic carbocycles. The standard InChI is InChI=1S/C16H35N3/c1-4-12-18(13-5-2)14-7-15-19(6-3)16-8-10-17-11-9-16/h16-17H,4-15H2,1-3H3. The molecule has 0 aliphatic carbocycles. The molecule has 114 valence electrons. The van der Waals surface area contributed by atoms with Gasteiger partial charge in [0.25, 0.3) is 0 Å². The van der Waals surface area contributed by atoms with E-state index in [1.54, 1.807) is 0 Å². The van der Waals surface area contributed by atoms with Gasteiger partial charge in [-0.1, -0.05) is 20.8 Å². The summed E-state index contributed by atoms with van der Waals surface area (Å²) in [6.07, 6.45) is 6.57. The summed E-state index contributed by atoms with van der Waals surface area (Å²) < 4.78 is 0. The van der Waals surface area contributed by atoms with Gasteiger partial charge in [-0.05, 0) is 77.9 Å². The molecule has 0 unspecified atom stereocenters. The molecule has 0 aromatic rings. The van der Waals surface area contributed by atoms with Crippen LogP contribution < -0.4 is 5.32 Å². The van der Waals surface area contributed by atoms with Crippen LogP contribution in [0.3, 0.4) is 0 Å². The lowest BCUT2D eigenvalue weighted by atomic mass is 10.0. The Balaban J connectivity index is 2.23. The fourth-order valence-electron chi connectivity index (χ4n) is 3.24. The van der Waals surface area contributed by atoms with Gasteiger partial charge >= 0.3 is 0 Å². The van der Waals surface area contributed by atoms with E-state index < -0.39 is 0 Å². The SMILES string of the molecule is CCCN(CCC)CCCN(CC)C1CCNCC1. The molecule has 0 radical (unpaired) electrons. The predicted octanol–water partition coefficient (Wildman–Crippen LogP) is 2.57. The molecule has 0 saturated carbocycles. The number of hydrogen-bond donors (Lipinski definition) is 1. The van der Waals surface area contributed by atoms with Crippen LogP contribution in [0.15, 0.2) is 0 Å². The molecule has 1 aliphatic heterocycles. The van der Waals surface area contributed by atoms with E-state index in [0.717, 1.165) is 6.04 Å². The third kappa shape index (κ3) is 6.73. The molecule has 0 spiro atoms. The van der Waals surface area contributed by atoms with Gasteiger partial charge in [0, 0.05) is 6.04 Å². The zero-order valence-corrected chi connectivity index (χ0v) is 13.5. The minimum Gasteiger partial charge on any atom is -0.317 e.